The summed E-state index contributed by atoms with van der Waals surface area (Å²) in [5.41, 5.74) is 1.57. The molecule has 0 spiro atoms. The molecule has 1 unspecified atom stereocenters. The lowest BCUT2D eigenvalue weighted by atomic mass is 9.77. The maximum absolute atomic E-state index is 13.6. The first-order valence-electron chi connectivity index (χ1n) is 9.52. The van der Waals surface area contributed by atoms with Crippen LogP contribution < -0.4 is 10.6 Å². The summed E-state index contributed by atoms with van der Waals surface area (Å²) in [6.07, 6.45) is 4.89. The van der Waals surface area contributed by atoms with Gasteiger partial charge in [-0.05, 0) is 55.7 Å². The number of amides is 3. The summed E-state index contributed by atoms with van der Waals surface area (Å²) in [6.45, 7) is 4.70. The van der Waals surface area contributed by atoms with Gasteiger partial charge in [0.15, 0.2) is 0 Å². The van der Waals surface area contributed by atoms with Crippen molar-refractivity contribution >= 4 is 11.9 Å². The maximum Gasteiger partial charge on any atom is 0.315 e. The van der Waals surface area contributed by atoms with Crippen molar-refractivity contribution in [2.24, 2.45) is 5.92 Å². The second-order valence-corrected chi connectivity index (χ2v) is 7.58. The molecule has 1 saturated heterocycles. The molecule has 0 radical (unpaired) electrons. The van der Waals surface area contributed by atoms with Gasteiger partial charge < -0.3 is 15.5 Å². The second-order valence-electron chi connectivity index (χ2n) is 7.58. The zero-order chi connectivity index (χ0) is 18.7. The van der Waals surface area contributed by atoms with Gasteiger partial charge in [-0.15, -0.1) is 0 Å². The Morgan fingerprint density at radius 2 is 1.88 bits per heavy atom. The molecule has 1 atom stereocenters. The number of hydrogen-bond donors (Lipinski definition) is 2. The lowest BCUT2D eigenvalue weighted by molar-refractivity contribution is -0.129. The number of rotatable bonds is 4. The molecular weight excluding hydrogens is 333 g/mol. The Balaban J connectivity index is 1.59. The molecule has 1 heterocycles. The summed E-state index contributed by atoms with van der Waals surface area (Å²) in [5.74, 6) is 0.276. The number of halogens is 1. The monoisotopic (exact) mass is 361 g/mol. The van der Waals surface area contributed by atoms with E-state index in [9.17, 15) is 14.0 Å². The van der Waals surface area contributed by atoms with Gasteiger partial charge in [-0.3, -0.25) is 4.79 Å². The molecule has 5 nitrogen and oxygen atoms in total. The third-order valence-corrected chi connectivity index (χ3v) is 5.72. The van der Waals surface area contributed by atoms with Crippen LogP contribution in [0, 0.1) is 18.7 Å². The van der Waals surface area contributed by atoms with Gasteiger partial charge in [0, 0.05) is 26.1 Å². The zero-order valence-electron chi connectivity index (χ0n) is 15.6. The van der Waals surface area contributed by atoms with Crippen molar-refractivity contribution < 1.29 is 14.0 Å². The van der Waals surface area contributed by atoms with Crippen LogP contribution in [0.2, 0.25) is 0 Å². The Morgan fingerprint density at radius 1 is 1.19 bits per heavy atom. The minimum Gasteiger partial charge on any atom is -0.343 e. The van der Waals surface area contributed by atoms with E-state index in [1.165, 1.54) is 12.5 Å². The van der Waals surface area contributed by atoms with Crippen LogP contribution in [0.3, 0.4) is 0 Å². The third kappa shape index (κ3) is 4.34. The number of urea groups is 1. The Bertz CT molecular complexity index is 667. The molecule has 3 rings (SSSR count). The Kier molecular flexibility index (Phi) is 5.79. The summed E-state index contributed by atoms with van der Waals surface area (Å²) in [6, 6.07) is 4.92. The lowest BCUT2D eigenvalue weighted by Gasteiger charge is -2.36. The molecule has 2 N–H and O–H groups in total. The Hall–Kier alpha value is -2.11. The minimum atomic E-state index is -0.220. The number of hydrogen-bond acceptors (Lipinski definition) is 2. The minimum absolute atomic E-state index is 0.0830. The first kappa shape index (κ1) is 18.7. The molecule has 1 aliphatic carbocycles. The van der Waals surface area contributed by atoms with E-state index in [0.717, 1.165) is 31.2 Å². The SMILES string of the molecule is CC(=O)N1CCC(NC(=O)NC(c2ccc(F)c(C)c2)C2CCC2)CC1. The first-order chi connectivity index (χ1) is 12.4. The molecule has 142 valence electrons. The molecule has 0 aromatic heterocycles. The number of nitrogens with zero attached hydrogens (tertiary/aromatic N) is 1. The Labute approximate surface area is 154 Å². The Morgan fingerprint density at radius 3 is 2.42 bits per heavy atom. The quantitative estimate of drug-likeness (QED) is 0.864. The van der Waals surface area contributed by atoms with Crippen LogP contribution in [0.5, 0.6) is 0 Å². The van der Waals surface area contributed by atoms with Crippen molar-refractivity contribution in [3.8, 4) is 0 Å². The largest absolute Gasteiger partial charge is 0.343 e. The summed E-state index contributed by atoms with van der Waals surface area (Å²) >= 11 is 0. The molecule has 1 aliphatic heterocycles. The van der Waals surface area contributed by atoms with E-state index in [1.807, 2.05) is 11.0 Å². The fourth-order valence-corrected chi connectivity index (χ4v) is 3.81. The van der Waals surface area contributed by atoms with E-state index in [1.54, 1.807) is 19.9 Å². The van der Waals surface area contributed by atoms with Crippen molar-refractivity contribution in [3.05, 3.63) is 35.1 Å². The lowest BCUT2D eigenvalue weighted by Crippen LogP contribution is -2.50. The summed E-state index contributed by atoms with van der Waals surface area (Å²) in [5, 5.41) is 6.16. The maximum atomic E-state index is 13.6. The standard InChI is InChI=1S/C20H28FN3O2/c1-13-12-16(6-7-18(13)21)19(15-4-3-5-15)23-20(26)22-17-8-10-24(11-9-17)14(2)25/h6-7,12,15,17,19H,3-5,8-11H2,1-2H3,(H2,22,23,26). The highest BCUT2D eigenvalue weighted by atomic mass is 19.1. The highest BCUT2D eigenvalue weighted by Crippen LogP contribution is 2.38. The van der Waals surface area contributed by atoms with Crippen LogP contribution in [0.15, 0.2) is 18.2 Å². The van der Waals surface area contributed by atoms with Crippen molar-refractivity contribution in [1.29, 1.82) is 0 Å². The van der Waals surface area contributed by atoms with Crippen LogP contribution in [0.1, 0.15) is 56.2 Å². The van der Waals surface area contributed by atoms with Crippen molar-refractivity contribution in [1.82, 2.24) is 15.5 Å². The number of likely N-dealkylation sites (tertiary alicyclic amines) is 1. The average molecular weight is 361 g/mol. The van der Waals surface area contributed by atoms with Gasteiger partial charge in [-0.2, -0.15) is 0 Å². The van der Waals surface area contributed by atoms with Crippen LogP contribution in [0.25, 0.3) is 0 Å². The number of carbonyl (C=O) groups excluding carboxylic acids is 2. The van der Waals surface area contributed by atoms with Gasteiger partial charge in [-0.1, -0.05) is 18.6 Å². The van der Waals surface area contributed by atoms with E-state index in [-0.39, 0.29) is 29.8 Å². The van der Waals surface area contributed by atoms with Crippen molar-refractivity contribution in [2.75, 3.05) is 13.1 Å². The highest BCUT2D eigenvalue weighted by Gasteiger charge is 2.31. The summed E-state index contributed by atoms with van der Waals surface area (Å²) in [4.78, 5) is 25.7. The molecule has 26 heavy (non-hydrogen) atoms. The molecule has 1 aromatic carbocycles. The van der Waals surface area contributed by atoms with E-state index in [2.05, 4.69) is 10.6 Å². The molecular formula is C20H28FN3O2. The van der Waals surface area contributed by atoms with Crippen molar-refractivity contribution in [2.45, 2.75) is 58.0 Å². The number of benzene rings is 1. The predicted octanol–water partition coefficient (Wildman–Crippen LogP) is 3.29. The van der Waals surface area contributed by atoms with Crippen LogP contribution >= 0.6 is 0 Å². The number of aryl methyl sites for hydroxylation is 1. The number of piperidine rings is 1. The molecule has 2 aliphatic rings. The van der Waals surface area contributed by atoms with Gasteiger partial charge in [0.2, 0.25) is 5.91 Å². The first-order valence-corrected chi connectivity index (χ1v) is 9.52. The molecule has 6 heteroatoms. The highest BCUT2D eigenvalue weighted by molar-refractivity contribution is 5.75. The smallest absolute Gasteiger partial charge is 0.315 e. The van der Waals surface area contributed by atoms with E-state index in [0.29, 0.717) is 24.6 Å². The third-order valence-electron chi connectivity index (χ3n) is 5.72. The van der Waals surface area contributed by atoms with Crippen LogP contribution in [-0.4, -0.2) is 36.0 Å². The van der Waals surface area contributed by atoms with Crippen molar-refractivity contribution in [3.63, 3.8) is 0 Å². The molecule has 1 saturated carbocycles. The van der Waals surface area contributed by atoms with Crippen LogP contribution in [0.4, 0.5) is 9.18 Å². The van der Waals surface area contributed by atoms with Crippen LogP contribution in [-0.2, 0) is 4.79 Å². The number of nitrogens with one attached hydrogen (secondary N) is 2. The fourth-order valence-electron chi connectivity index (χ4n) is 3.81. The van der Waals surface area contributed by atoms with Gasteiger partial charge in [0.25, 0.3) is 0 Å². The van der Waals surface area contributed by atoms with Gasteiger partial charge in [0.05, 0.1) is 6.04 Å². The second kappa shape index (κ2) is 8.06. The van der Waals surface area contributed by atoms with E-state index in [4.69, 9.17) is 0 Å². The van der Waals surface area contributed by atoms with E-state index >= 15 is 0 Å². The average Bonchev–Trinajstić information content (AvgIpc) is 2.55. The number of carbonyl (C=O) groups is 2. The molecule has 3 amide bonds. The fraction of sp³-hybridized carbons (Fsp3) is 0.600. The normalized spacial score (nSPS) is 19.6. The summed E-state index contributed by atoms with van der Waals surface area (Å²) in [7, 11) is 0. The van der Waals surface area contributed by atoms with E-state index < -0.39 is 0 Å². The molecule has 2 fully saturated rings. The molecule has 0 bridgehead atoms. The summed E-state index contributed by atoms with van der Waals surface area (Å²) < 4.78 is 13.6. The zero-order valence-corrected chi connectivity index (χ0v) is 15.6. The van der Waals surface area contributed by atoms with Gasteiger partial charge >= 0.3 is 6.03 Å². The van der Waals surface area contributed by atoms with Gasteiger partial charge in [0.1, 0.15) is 5.82 Å². The predicted molar refractivity (Wildman–Crippen MR) is 98.2 cm³/mol. The molecule has 1 aromatic rings. The topological polar surface area (TPSA) is 61.4 Å². The van der Waals surface area contributed by atoms with Gasteiger partial charge in [-0.25, -0.2) is 9.18 Å².